The van der Waals surface area contributed by atoms with Gasteiger partial charge in [0.1, 0.15) is 5.82 Å². The Morgan fingerprint density at radius 3 is 2.71 bits per heavy atom. The minimum Gasteiger partial charge on any atom is -0.322 e. The van der Waals surface area contributed by atoms with Gasteiger partial charge in [-0.1, -0.05) is 13.8 Å². The first-order valence-electron chi connectivity index (χ1n) is 5.27. The summed E-state index contributed by atoms with van der Waals surface area (Å²) in [6.45, 7) is 4.23. The van der Waals surface area contributed by atoms with Crippen LogP contribution in [-0.2, 0) is 0 Å². The quantitative estimate of drug-likeness (QED) is 0.795. The Bertz CT molecular complexity index is 318. The van der Waals surface area contributed by atoms with Gasteiger partial charge in [-0.3, -0.25) is 0 Å². The summed E-state index contributed by atoms with van der Waals surface area (Å²) >= 11 is 0. The molecule has 2 N–H and O–H groups in total. The summed E-state index contributed by atoms with van der Waals surface area (Å²) in [6, 6.07) is 1.96. The van der Waals surface area contributed by atoms with E-state index in [1.165, 1.54) is 12.8 Å². The van der Waals surface area contributed by atoms with Gasteiger partial charge in [-0.05, 0) is 24.8 Å². The van der Waals surface area contributed by atoms with Crippen LogP contribution in [0, 0.1) is 5.92 Å². The van der Waals surface area contributed by atoms with Crippen LogP contribution in [0.2, 0.25) is 0 Å². The van der Waals surface area contributed by atoms with Crippen LogP contribution < -0.4 is 5.73 Å². The zero-order chi connectivity index (χ0) is 10.1. The van der Waals surface area contributed by atoms with Crippen LogP contribution in [0.4, 0.5) is 0 Å². The van der Waals surface area contributed by atoms with Crippen LogP contribution in [0.1, 0.15) is 50.2 Å². The summed E-state index contributed by atoms with van der Waals surface area (Å²) in [6.07, 6.45) is 4.30. The lowest BCUT2D eigenvalue weighted by molar-refractivity contribution is 0.500. The van der Waals surface area contributed by atoms with Crippen molar-refractivity contribution in [1.82, 2.24) is 9.97 Å². The number of nitrogens with two attached hydrogens (primary N) is 1. The topological polar surface area (TPSA) is 51.8 Å². The molecule has 1 aromatic heterocycles. The van der Waals surface area contributed by atoms with Gasteiger partial charge in [0.05, 0.1) is 5.69 Å². The molecular formula is C11H17N3. The van der Waals surface area contributed by atoms with E-state index in [4.69, 9.17) is 5.73 Å². The van der Waals surface area contributed by atoms with Crippen molar-refractivity contribution in [1.29, 1.82) is 0 Å². The SMILES string of the molecule is CC(C)[C@H](N)c1ccnc(C2CC2)n1. The summed E-state index contributed by atoms with van der Waals surface area (Å²) in [7, 11) is 0. The van der Waals surface area contributed by atoms with E-state index in [1.807, 2.05) is 12.3 Å². The Hall–Kier alpha value is -0.960. The molecule has 3 nitrogen and oxygen atoms in total. The van der Waals surface area contributed by atoms with E-state index in [2.05, 4.69) is 23.8 Å². The molecule has 1 aliphatic carbocycles. The highest BCUT2D eigenvalue weighted by molar-refractivity contribution is 5.12. The minimum absolute atomic E-state index is 0.0375. The Morgan fingerprint density at radius 1 is 1.43 bits per heavy atom. The Balaban J connectivity index is 2.20. The fraction of sp³-hybridized carbons (Fsp3) is 0.636. The Morgan fingerprint density at radius 2 is 2.14 bits per heavy atom. The van der Waals surface area contributed by atoms with Crippen molar-refractivity contribution in [2.45, 2.75) is 38.6 Å². The molecule has 0 radical (unpaired) electrons. The van der Waals surface area contributed by atoms with E-state index in [-0.39, 0.29) is 6.04 Å². The normalized spacial score (nSPS) is 18.6. The molecule has 1 heterocycles. The maximum atomic E-state index is 6.04. The second kappa shape index (κ2) is 3.65. The monoisotopic (exact) mass is 191 g/mol. The number of rotatable bonds is 3. The first-order valence-corrected chi connectivity index (χ1v) is 5.27. The summed E-state index contributed by atoms with van der Waals surface area (Å²) in [5.41, 5.74) is 7.02. The molecule has 0 aromatic carbocycles. The third kappa shape index (κ3) is 1.93. The summed E-state index contributed by atoms with van der Waals surface area (Å²) in [5.74, 6) is 2.02. The highest BCUT2D eigenvalue weighted by Gasteiger charge is 2.27. The van der Waals surface area contributed by atoms with E-state index in [0.717, 1.165) is 11.5 Å². The fourth-order valence-electron chi connectivity index (χ4n) is 1.45. The zero-order valence-corrected chi connectivity index (χ0v) is 8.77. The minimum atomic E-state index is 0.0375. The highest BCUT2D eigenvalue weighted by atomic mass is 14.9. The van der Waals surface area contributed by atoms with Crippen LogP contribution >= 0.6 is 0 Å². The fourth-order valence-corrected chi connectivity index (χ4v) is 1.45. The van der Waals surface area contributed by atoms with Gasteiger partial charge in [0.25, 0.3) is 0 Å². The van der Waals surface area contributed by atoms with Gasteiger partial charge in [-0.2, -0.15) is 0 Å². The molecule has 1 fully saturated rings. The van der Waals surface area contributed by atoms with Crippen molar-refractivity contribution in [2.24, 2.45) is 11.7 Å². The molecule has 1 aliphatic rings. The number of hydrogen-bond donors (Lipinski definition) is 1. The maximum Gasteiger partial charge on any atom is 0.131 e. The van der Waals surface area contributed by atoms with E-state index in [9.17, 15) is 0 Å². The van der Waals surface area contributed by atoms with Crippen molar-refractivity contribution in [3.05, 3.63) is 23.8 Å². The molecule has 76 valence electrons. The van der Waals surface area contributed by atoms with Gasteiger partial charge >= 0.3 is 0 Å². The lowest BCUT2D eigenvalue weighted by Gasteiger charge is -2.15. The maximum absolute atomic E-state index is 6.04. The van der Waals surface area contributed by atoms with E-state index >= 15 is 0 Å². The van der Waals surface area contributed by atoms with Crippen LogP contribution in [-0.4, -0.2) is 9.97 Å². The van der Waals surface area contributed by atoms with Crippen molar-refractivity contribution >= 4 is 0 Å². The smallest absolute Gasteiger partial charge is 0.131 e. The lowest BCUT2D eigenvalue weighted by atomic mass is 10.0. The molecule has 0 unspecified atom stereocenters. The molecule has 1 aromatic rings. The molecule has 0 amide bonds. The molecule has 0 bridgehead atoms. The van der Waals surface area contributed by atoms with Crippen molar-refractivity contribution in [3.8, 4) is 0 Å². The molecule has 2 rings (SSSR count). The molecule has 3 heteroatoms. The molecule has 1 saturated carbocycles. The Kier molecular flexibility index (Phi) is 2.50. The molecule has 0 aliphatic heterocycles. The third-order valence-corrected chi connectivity index (χ3v) is 2.70. The second-order valence-electron chi connectivity index (χ2n) is 4.38. The van der Waals surface area contributed by atoms with Crippen molar-refractivity contribution in [2.75, 3.05) is 0 Å². The second-order valence-corrected chi connectivity index (χ2v) is 4.38. The van der Waals surface area contributed by atoms with Gasteiger partial charge in [0.2, 0.25) is 0 Å². The first-order chi connectivity index (χ1) is 6.68. The Labute approximate surface area is 84.8 Å². The number of nitrogens with zero attached hydrogens (tertiary/aromatic N) is 2. The van der Waals surface area contributed by atoms with Gasteiger partial charge in [0.15, 0.2) is 0 Å². The summed E-state index contributed by atoms with van der Waals surface area (Å²) in [4.78, 5) is 8.80. The van der Waals surface area contributed by atoms with E-state index in [1.54, 1.807) is 0 Å². The van der Waals surface area contributed by atoms with Crippen LogP contribution in [0.3, 0.4) is 0 Å². The molecular weight excluding hydrogens is 174 g/mol. The molecule has 0 saturated heterocycles. The van der Waals surface area contributed by atoms with E-state index in [0.29, 0.717) is 11.8 Å². The van der Waals surface area contributed by atoms with Crippen molar-refractivity contribution in [3.63, 3.8) is 0 Å². The zero-order valence-electron chi connectivity index (χ0n) is 8.77. The van der Waals surface area contributed by atoms with E-state index < -0.39 is 0 Å². The van der Waals surface area contributed by atoms with Crippen LogP contribution in [0.5, 0.6) is 0 Å². The predicted molar refractivity (Wildman–Crippen MR) is 55.8 cm³/mol. The molecule has 0 spiro atoms. The summed E-state index contributed by atoms with van der Waals surface area (Å²) < 4.78 is 0. The summed E-state index contributed by atoms with van der Waals surface area (Å²) in [5, 5.41) is 0. The largest absolute Gasteiger partial charge is 0.322 e. The average Bonchev–Trinajstić information content (AvgIpc) is 3.00. The van der Waals surface area contributed by atoms with Gasteiger partial charge in [0, 0.05) is 18.2 Å². The van der Waals surface area contributed by atoms with Gasteiger partial charge < -0.3 is 5.73 Å². The number of aromatic nitrogens is 2. The first kappa shape index (κ1) is 9.59. The van der Waals surface area contributed by atoms with Crippen molar-refractivity contribution < 1.29 is 0 Å². The molecule has 1 atom stereocenters. The highest BCUT2D eigenvalue weighted by Crippen LogP contribution is 2.38. The van der Waals surface area contributed by atoms with Crippen LogP contribution in [0.15, 0.2) is 12.3 Å². The van der Waals surface area contributed by atoms with Gasteiger partial charge in [-0.15, -0.1) is 0 Å². The molecule has 14 heavy (non-hydrogen) atoms. The number of hydrogen-bond acceptors (Lipinski definition) is 3. The standard InChI is InChI=1S/C11H17N3/c1-7(2)10(12)9-5-6-13-11(14-9)8-3-4-8/h5-8,10H,3-4,12H2,1-2H3/t10-/m0/s1. The van der Waals surface area contributed by atoms with Crippen LogP contribution in [0.25, 0.3) is 0 Å². The predicted octanol–water partition coefficient (Wildman–Crippen LogP) is 2.01. The van der Waals surface area contributed by atoms with Gasteiger partial charge in [-0.25, -0.2) is 9.97 Å². The average molecular weight is 191 g/mol. The lowest BCUT2D eigenvalue weighted by Crippen LogP contribution is -2.18. The third-order valence-electron chi connectivity index (χ3n) is 2.70.